The summed E-state index contributed by atoms with van der Waals surface area (Å²) in [6, 6.07) is 7.63. The van der Waals surface area contributed by atoms with Gasteiger partial charge in [-0.1, -0.05) is 19.4 Å². The van der Waals surface area contributed by atoms with Gasteiger partial charge in [0, 0.05) is 36.6 Å². The Bertz CT molecular complexity index is 681. The summed E-state index contributed by atoms with van der Waals surface area (Å²) in [7, 11) is 0. The summed E-state index contributed by atoms with van der Waals surface area (Å²) in [6.45, 7) is 6.16. The van der Waals surface area contributed by atoms with Crippen molar-refractivity contribution in [2.45, 2.75) is 39.5 Å². The lowest BCUT2D eigenvalue weighted by Crippen LogP contribution is -2.20. The van der Waals surface area contributed by atoms with Crippen molar-refractivity contribution in [3.8, 4) is 5.75 Å². The topological polar surface area (TPSA) is 61.3 Å². The number of aromatic nitrogens is 2. The fourth-order valence-electron chi connectivity index (χ4n) is 2.85. The standard InChI is InChI=1S/C18H24N4O/c1-3-6-14-12-17(22-9-4-5-10-22)21-18(19-14)20-15-8-7-13(2)16(23)11-15/h7-8,11-12,23H,3-6,9-10H2,1-2H3,(H,19,20,21). The number of hydrogen-bond acceptors (Lipinski definition) is 5. The Balaban J connectivity index is 1.88. The van der Waals surface area contributed by atoms with Gasteiger partial charge in [0.2, 0.25) is 5.95 Å². The number of benzene rings is 1. The number of rotatable bonds is 5. The molecule has 0 unspecified atom stereocenters. The third-order valence-corrected chi connectivity index (χ3v) is 4.17. The molecule has 0 atom stereocenters. The maximum absolute atomic E-state index is 9.86. The van der Waals surface area contributed by atoms with Gasteiger partial charge in [-0.05, 0) is 37.8 Å². The zero-order chi connectivity index (χ0) is 16.2. The molecule has 0 spiro atoms. The molecule has 1 aliphatic heterocycles. The summed E-state index contributed by atoms with van der Waals surface area (Å²) in [5.74, 6) is 1.88. The zero-order valence-electron chi connectivity index (χ0n) is 13.8. The molecule has 0 amide bonds. The average molecular weight is 312 g/mol. The van der Waals surface area contributed by atoms with Crippen molar-refractivity contribution in [2.24, 2.45) is 0 Å². The van der Waals surface area contributed by atoms with E-state index in [1.807, 2.05) is 19.1 Å². The molecule has 1 aromatic heterocycles. The van der Waals surface area contributed by atoms with Crippen molar-refractivity contribution >= 4 is 17.5 Å². The summed E-state index contributed by atoms with van der Waals surface area (Å²) >= 11 is 0. The van der Waals surface area contributed by atoms with Crippen LogP contribution in [0.25, 0.3) is 0 Å². The smallest absolute Gasteiger partial charge is 0.229 e. The average Bonchev–Trinajstić information content (AvgIpc) is 3.06. The Morgan fingerprint density at radius 3 is 2.65 bits per heavy atom. The summed E-state index contributed by atoms with van der Waals surface area (Å²) in [5, 5.41) is 13.1. The molecule has 23 heavy (non-hydrogen) atoms. The summed E-state index contributed by atoms with van der Waals surface area (Å²) < 4.78 is 0. The molecule has 2 N–H and O–H groups in total. The Labute approximate surface area is 137 Å². The third kappa shape index (κ3) is 3.73. The minimum absolute atomic E-state index is 0.277. The van der Waals surface area contributed by atoms with Crippen LogP contribution in [0.3, 0.4) is 0 Å². The zero-order valence-corrected chi connectivity index (χ0v) is 13.8. The monoisotopic (exact) mass is 312 g/mol. The first-order valence-corrected chi connectivity index (χ1v) is 8.35. The van der Waals surface area contributed by atoms with Crippen LogP contribution < -0.4 is 10.2 Å². The van der Waals surface area contributed by atoms with E-state index in [0.29, 0.717) is 5.95 Å². The molecule has 0 aliphatic carbocycles. The first-order chi connectivity index (χ1) is 11.2. The normalized spacial score (nSPS) is 14.3. The van der Waals surface area contributed by atoms with E-state index in [1.54, 1.807) is 6.07 Å². The van der Waals surface area contributed by atoms with Crippen LogP contribution in [-0.2, 0) is 6.42 Å². The predicted octanol–water partition coefficient (Wildman–Crippen LogP) is 3.79. The molecule has 2 heterocycles. The summed E-state index contributed by atoms with van der Waals surface area (Å²) in [4.78, 5) is 11.6. The van der Waals surface area contributed by atoms with Gasteiger partial charge >= 0.3 is 0 Å². The molecule has 0 saturated carbocycles. The van der Waals surface area contributed by atoms with Crippen LogP contribution in [0, 0.1) is 6.92 Å². The predicted molar refractivity (Wildman–Crippen MR) is 93.6 cm³/mol. The quantitative estimate of drug-likeness (QED) is 0.879. The fourth-order valence-corrected chi connectivity index (χ4v) is 2.85. The van der Waals surface area contributed by atoms with Gasteiger partial charge < -0.3 is 15.3 Å². The van der Waals surface area contributed by atoms with Crippen molar-refractivity contribution in [1.29, 1.82) is 0 Å². The van der Waals surface area contributed by atoms with E-state index < -0.39 is 0 Å². The number of phenolic OH excluding ortho intramolecular Hbond substituents is 1. The van der Waals surface area contributed by atoms with Gasteiger partial charge in [0.25, 0.3) is 0 Å². The number of aryl methyl sites for hydroxylation is 2. The second-order valence-electron chi connectivity index (χ2n) is 6.11. The van der Waals surface area contributed by atoms with Gasteiger partial charge in [-0.25, -0.2) is 4.98 Å². The molecular weight excluding hydrogens is 288 g/mol. The van der Waals surface area contributed by atoms with E-state index in [9.17, 15) is 5.11 Å². The fraction of sp³-hybridized carbons (Fsp3) is 0.444. The van der Waals surface area contributed by atoms with Crippen LogP contribution in [0.4, 0.5) is 17.5 Å². The van der Waals surface area contributed by atoms with Crippen molar-refractivity contribution in [1.82, 2.24) is 9.97 Å². The molecule has 0 radical (unpaired) electrons. The van der Waals surface area contributed by atoms with Gasteiger partial charge in [-0.3, -0.25) is 0 Å². The van der Waals surface area contributed by atoms with Crippen LogP contribution in [0.2, 0.25) is 0 Å². The Morgan fingerprint density at radius 1 is 1.17 bits per heavy atom. The van der Waals surface area contributed by atoms with Gasteiger partial charge in [0.05, 0.1) is 0 Å². The van der Waals surface area contributed by atoms with Crippen LogP contribution in [0.1, 0.15) is 37.4 Å². The van der Waals surface area contributed by atoms with E-state index in [1.165, 1.54) is 12.8 Å². The highest BCUT2D eigenvalue weighted by Crippen LogP contribution is 2.25. The van der Waals surface area contributed by atoms with Gasteiger partial charge in [-0.15, -0.1) is 0 Å². The van der Waals surface area contributed by atoms with E-state index in [2.05, 4.69) is 33.2 Å². The molecule has 0 bridgehead atoms. The van der Waals surface area contributed by atoms with E-state index in [4.69, 9.17) is 0 Å². The molecular formula is C18H24N4O. The molecule has 2 aromatic rings. The second kappa shape index (κ2) is 6.86. The SMILES string of the molecule is CCCc1cc(N2CCCC2)nc(Nc2ccc(C)c(O)c2)n1. The largest absolute Gasteiger partial charge is 0.508 e. The number of anilines is 3. The number of phenols is 1. The van der Waals surface area contributed by atoms with Gasteiger partial charge in [0.15, 0.2) is 0 Å². The number of hydrogen-bond donors (Lipinski definition) is 2. The minimum atomic E-state index is 0.277. The number of nitrogens with one attached hydrogen (secondary N) is 1. The van der Waals surface area contributed by atoms with Gasteiger partial charge in [-0.2, -0.15) is 4.98 Å². The molecule has 1 fully saturated rings. The highest BCUT2D eigenvalue weighted by Gasteiger charge is 2.16. The molecule has 5 nitrogen and oxygen atoms in total. The first kappa shape index (κ1) is 15.6. The molecule has 1 aromatic carbocycles. The summed E-state index contributed by atoms with van der Waals surface area (Å²) in [6.07, 6.45) is 4.45. The molecule has 1 saturated heterocycles. The minimum Gasteiger partial charge on any atom is -0.508 e. The van der Waals surface area contributed by atoms with E-state index >= 15 is 0 Å². The van der Waals surface area contributed by atoms with Crippen molar-refractivity contribution in [3.63, 3.8) is 0 Å². The Morgan fingerprint density at radius 2 is 1.96 bits per heavy atom. The summed E-state index contributed by atoms with van der Waals surface area (Å²) in [5.41, 5.74) is 2.71. The maximum Gasteiger partial charge on any atom is 0.229 e. The first-order valence-electron chi connectivity index (χ1n) is 8.35. The second-order valence-corrected chi connectivity index (χ2v) is 6.11. The van der Waals surface area contributed by atoms with E-state index in [-0.39, 0.29) is 5.75 Å². The van der Waals surface area contributed by atoms with Crippen LogP contribution in [-0.4, -0.2) is 28.2 Å². The molecule has 5 heteroatoms. The van der Waals surface area contributed by atoms with E-state index in [0.717, 1.165) is 48.7 Å². The molecule has 1 aliphatic rings. The van der Waals surface area contributed by atoms with Crippen LogP contribution >= 0.6 is 0 Å². The highest BCUT2D eigenvalue weighted by molar-refractivity contribution is 5.59. The van der Waals surface area contributed by atoms with Crippen molar-refractivity contribution < 1.29 is 5.11 Å². The van der Waals surface area contributed by atoms with Crippen molar-refractivity contribution in [3.05, 3.63) is 35.5 Å². The molecule has 122 valence electrons. The lowest BCUT2D eigenvalue weighted by molar-refractivity contribution is 0.471. The number of aromatic hydroxyl groups is 1. The highest BCUT2D eigenvalue weighted by atomic mass is 16.3. The van der Waals surface area contributed by atoms with Crippen molar-refractivity contribution in [2.75, 3.05) is 23.3 Å². The Hall–Kier alpha value is -2.30. The Kier molecular flexibility index (Phi) is 4.65. The maximum atomic E-state index is 9.86. The van der Waals surface area contributed by atoms with Gasteiger partial charge in [0.1, 0.15) is 11.6 Å². The van der Waals surface area contributed by atoms with Crippen LogP contribution in [0.15, 0.2) is 24.3 Å². The number of nitrogens with zero attached hydrogens (tertiary/aromatic N) is 3. The lowest BCUT2D eigenvalue weighted by Gasteiger charge is -2.18. The lowest BCUT2D eigenvalue weighted by atomic mass is 10.2. The molecule has 3 rings (SSSR count). The third-order valence-electron chi connectivity index (χ3n) is 4.17. The van der Waals surface area contributed by atoms with Crippen LogP contribution in [0.5, 0.6) is 5.75 Å².